The van der Waals surface area contributed by atoms with E-state index in [0.717, 1.165) is 11.1 Å². The van der Waals surface area contributed by atoms with Crippen molar-refractivity contribution in [1.29, 1.82) is 0 Å². The summed E-state index contributed by atoms with van der Waals surface area (Å²) in [4.78, 5) is 25.2. The second-order valence-electron chi connectivity index (χ2n) is 10.9. The number of methoxy groups -OCH3 is 1. The van der Waals surface area contributed by atoms with E-state index in [1.165, 1.54) is 16.4 Å². The number of aliphatic hydroxyl groups excluding tert-OH is 1. The molecule has 0 radical (unpaired) electrons. The van der Waals surface area contributed by atoms with Crippen LogP contribution in [0.4, 0.5) is 4.79 Å². The number of hydrogen-bond acceptors (Lipinski definition) is 7. The number of rotatable bonds is 17. The average Bonchev–Trinajstić information content (AvgIpc) is 3.02. The number of nitrogens with zero attached hydrogens (tertiary/aromatic N) is 1. The molecule has 0 aliphatic rings. The Hall–Kier alpha value is -3.93. The standard InChI is InChI=1S/C33H43N3O7S/c1-25(2)19-21-36(44(40,41)29-12-8-5-9-13-29)23-31(37)30(22-26-10-6-4-7-11-26)35-32(38)18-20-34-33(39)43-24-27-14-16-28(42-3)17-15-27/h4-17,25,30-31,37H,18-24H2,1-3H3,(H,34,39)(H,35,38)/t30-,31+/m0/s1. The molecule has 44 heavy (non-hydrogen) atoms. The molecule has 0 aliphatic heterocycles. The fraction of sp³-hybridized carbons (Fsp3) is 0.394. The maximum absolute atomic E-state index is 13.5. The lowest BCUT2D eigenvalue weighted by Crippen LogP contribution is -2.51. The van der Waals surface area contributed by atoms with Crippen LogP contribution in [-0.4, -0.2) is 68.7 Å². The van der Waals surface area contributed by atoms with Crippen molar-refractivity contribution in [3.63, 3.8) is 0 Å². The highest BCUT2D eigenvalue weighted by atomic mass is 32.2. The Morgan fingerprint density at radius 3 is 2.16 bits per heavy atom. The molecule has 3 aromatic rings. The van der Waals surface area contributed by atoms with Crippen molar-refractivity contribution in [3.8, 4) is 5.75 Å². The molecule has 10 nitrogen and oxygen atoms in total. The molecule has 0 fully saturated rings. The number of carbonyl (C=O) groups is 2. The predicted molar refractivity (Wildman–Crippen MR) is 169 cm³/mol. The van der Waals surface area contributed by atoms with E-state index >= 15 is 0 Å². The number of hydrogen-bond donors (Lipinski definition) is 3. The van der Waals surface area contributed by atoms with Crippen LogP contribution in [0.15, 0.2) is 89.8 Å². The third-order valence-electron chi connectivity index (χ3n) is 6.99. The molecule has 2 amide bonds. The Bertz CT molecular complexity index is 1400. The van der Waals surface area contributed by atoms with Crippen molar-refractivity contribution in [2.75, 3.05) is 26.7 Å². The van der Waals surface area contributed by atoms with Crippen LogP contribution < -0.4 is 15.4 Å². The molecule has 0 unspecified atom stereocenters. The first-order valence-corrected chi connectivity index (χ1v) is 16.1. The quantitative estimate of drug-likeness (QED) is 0.205. The van der Waals surface area contributed by atoms with Crippen molar-refractivity contribution in [2.45, 2.75) is 56.8 Å². The zero-order valence-electron chi connectivity index (χ0n) is 25.5. The summed E-state index contributed by atoms with van der Waals surface area (Å²) in [6.45, 7) is 4.12. The number of benzene rings is 3. The predicted octanol–water partition coefficient (Wildman–Crippen LogP) is 4.14. The summed E-state index contributed by atoms with van der Waals surface area (Å²) in [7, 11) is -2.32. The molecule has 0 spiro atoms. The zero-order chi connectivity index (χ0) is 32.0. The highest BCUT2D eigenvalue weighted by molar-refractivity contribution is 7.89. The Kier molecular flexibility index (Phi) is 13.7. The highest BCUT2D eigenvalue weighted by Gasteiger charge is 2.30. The van der Waals surface area contributed by atoms with Crippen LogP contribution in [0.25, 0.3) is 0 Å². The molecule has 0 bridgehead atoms. The number of amides is 2. The summed E-state index contributed by atoms with van der Waals surface area (Å²) in [6.07, 6.45) is -1.04. The largest absolute Gasteiger partial charge is 0.497 e. The van der Waals surface area contributed by atoms with Crippen LogP contribution in [0.3, 0.4) is 0 Å². The number of carbonyl (C=O) groups excluding carboxylic acids is 2. The third kappa shape index (κ3) is 11.3. The van der Waals surface area contributed by atoms with E-state index in [9.17, 15) is 23.1 Å². The number of alkyl carbamates (subject to hydrolysis) is 1. The number of nitrogens with one attached hydrogen (secondary N) is 2. The summed E-state index contributed by atoms with van der Waals surface area (Å²) in [6, 6.07) is 23.8. The fourth-order valence-corrected chi connectivity index (χ4v) is 5.91. The first kappa shape index (κ1) is 34.6. The number of aliphatic hydroxyl groups is 1. The lowest BCUT2D eigenvalue weighted by atomic mass is 10.0. The molecule has 0 saturated heterocycles. The molecule has 0 aromatic heterocycles. The van der Waals surface area contributed by atoms with Crippen LogP contribution in [0.1, 0.15) is 37.8 Å². The van der Waals surface area contributed by atoms with Gasteiger partial charge in [0.15, 0.2) is 0 Å². The van der Waals surface area contributed by atoms with E-state index in [1.807, 2.05) is 44.2 Å². The SMILES string of the molecule is COc1ccc(COC(=O)NCCC(=O)N[C@@H](Cc2ccccc2)[C@H](O)CN(CCC(C)C)S(=O)(=O)c2ccccc2)cc1. The Morgan fingerprint density at radius 1 is 0.909 bits per heavy atom. The summed E-state index contributed by atoms with van der Waals surface area (Å²) < 4.78 is 38.7. The van der Waals surface area contributed by atoms with Gasteiger partial charge < -0.3 is 25.2 Å². The Labute approximate surface area is 260 Å². The Morgan fingerprint density at radius 2 is 1.55 bits per heavy atom. The van der Waals surface area contributed by atoms with E-state index in [0.29, 0.717) is 12.2 Å². The summed E-state index contributed by atoms with van der Waals surface area (Å²) in [5, 5.41) is 16.8. The van der Waals surface area contributed by atoms with E-state index in [1.54, 1.807) is 49.6 Å². The number of ether oxygens (including phenoxy) is 2. The van der Waals surface area contributed by atoms with Gasteiger partial charge >= 0.3 is 6.09 Å². The molecule has 238 valence electrons. The molecule has 3 rings (SSSR count). The lowest BCUT2D eigenvalue weighted by Gasteiger charge is -2.30. The molecule has 3 N–H and O–H groups in total. The average molecular weight is 626 g/mol. The second kappa shape index (κ2) is 17.4. The molecule has 0 heterocycles. The van der Waals surface area contributed by atoms with Crippen molar-refractivity contribution in [3.05, 3.63) is 96.1 Å². The minimum Gasteiger partial charge on any atom is -0.497 e. The molecule has 11 heteroatoms. The highest BCUT2D eigenvalue weighted by Crippen LogP contribution is 2.19. The maximum atomic E-state index is 13.5. The van der Waals surface area contributed by atoms with Crippen LogP contribution in [0, 0.1) is 5.92 Å². The van der Waals surface area contributed by atoms with E-state index < -0.39 is 34.2 Å². The topological polar surface area (TPSA) is 134 Å². The molecular weight excluding hydrogens is 582 g/mol. The van der Waals surface area contributed by atoms with E-state index in [-0.39, 0.29) is 49.9 Å². The van der Waals surface area contributed by atoms with Gasteiger partial charge in [-0.3, -0.25) is 4.79 Å². The number of sulfonamides is 1. The van der Waals surface area contributed by atoms with Crippen molar-refractivity contribution in [1.82, 2.24) is 14.9 Å². The zero-order valence-corrected chi connectivity index (χ0v) is 26.3. The first-order chi connectivity index (χ1) is 21.1. The van der Waals surface area contributed by atoms with Gasteiger partial charge in [0.1, 0.15) is 12.4 Å². The van der Waals surface area contributed by atoms with Gasteiger partial charge in [0.05, 0.1) is 24.2 Å². The second-order valence-corrected chi connectivity index (χ2v) is 12.8. The van der Waals surface area contributed by atoms with Crippen LogP contribution >= 0.6 is 0 Å². The van der Waals surface area contributed by atoms with Crippen molar-refractivity contribution >= 4 is 22.0 Å². The van der Waals surface area contributed by atoms with Gasteiger partial charge in [-0.15, -0.1) is 0 Å². The maximum Gasteiger partial charge on any atom is 0.407 e. The van der Waals surface area contributed by atoms with Crippen molar-refractivity contribution < 1.29 is 32.6 Å². The summed E-state index contributed by atoms with van der Waals surface area (Å²) in [5.74, 6) is 0.539. The monoisotopic (exact) mass is 625 g/mol. The van der Waals surface area contributed by atoms with Crippen LogP contribution in [0.5, 0.6) is 5.75 Å². The van der Waals surface area contributed by atoms with E-state index in [4.69, 9.17) is 9.47 Å². The van der Waals surface area contributed by atoms with Crippen molar-refractivity contribution in [2.24, 2.45) is 5.92 Å². The minimum atomic E-state index is -3.89. The van der Waals surface area contributed by atoms with Gasteiger partial charge in [-0.25, -0.2) is 13.2 Å². The molecule has 3 aromatic carbocycles. The van der Waals surface area contributed by atoms with Gasteiger partial charge in [0.2, 0.25) is 15.9 Å². The lowest BCUT2D eigenvalue weighted by molar-refractivity contribution is -0.122. The fourth-order valence-electron chi connectivity index (χ4n) is 4.42. The van der Waals surface area contributed by atoms with Gasteiger partial charge in [0, 0.05) is 26.1 Å². The minimum absolute atomic E-state index is 0.0182. The van der Waals surface area contributed by atoms with Crippen LogP contribution in [0.2, 0.25) is 0 Å². The third-order valence-corrected chi connectivity index (χ3v) is 8.87. The normalized spacial score (nSPS) is 12.9. The van der Waals surface area contributed by atoms with E-state index in [2.05, 4.69) is 10.6 Å². The molecule has 0 aliphatic carbocycles. The molecule has 2 atom stereocenters. The molecule has 0 saturated carbocycles. The first-order valence-electron chi connectivity index (χ1n) is 14.7. The van der Waals surface area contributed by atoms with Crippen LogP contribution in [-0.2, 0) is 32.6 Å². The summed E-state index contributed by atoms with van der Waals surface area (Å²) >= 11 is 0. The summed E-state index contributed by atoms with van der Waals surface area (Å²) in [5.41, 5.74) is 1.66. The smallest absolute Gasteiger partial charge is 0.407 e. The van der Waals surface area contributed by atoms with Gasteiger partial charge in [-0.2, -0.15) is 4.31 Å². The van der Waals surface area contributed by atoms with Gasteiger partial charge in [-0.1, -0.05) is 74.5 Å². The van der Waals surface area contributed by atoms with Gasteiger partial charge in [0.25, 0.3) is 0 Å². The molecular formula is C33H43N3O7S. The van der Waals surface area contributed by atoms with Gasteiger partial charge in [-0.05, 0) is 54.2 Å². The Balaban J connectivity index is 1.62.